The van der Waals surface area contributed by atoms with E-state index in [4.69, 9.17) is 10.5 Å². The van der Waals surface area contributed by atoms with E-state index in [1.54, 1.807) is 7.11 Å². The molecule has 106 valence electrons. The molecule has 0 aliphatic heterocycles. The van der Waals surface area contributed by atoms with Gasteiger partial charge in [0.1, 0.15) is 0 Å². The van der Waals surface area contributed by atoms with Crippen LogP contribution in [0.3, 0.4) is 0 Å². The van der Waals surface area contributed by atoms with Crippen molar-refractivity contribution in [3.63, 3.8) is 0 Å². The predicted molar refractivity (Wildman–Crippen MR) is 80.2 cm³/mol. The predicted octanol–water partition coefficient (Wildman–Crippen LogP) is 3.77. The van der Waals surface area contributed by atoms with E-state index >= 15 is 0 Å². The van der Waals surface area contributed by atoms with Crippen LogP contribution in [0.15, 0.2) is 24.3 Å². The van der Waals surface area contributed by atoms with E-state index in [2.05, 4.69) is 31.2 Å². The second-order valence-electron chi connectivity index (χ2n) is 6.00. The first-order valence-corrected chi connectivity index (χ1v) is 7.55. The molecule has 2 rings (SSSR count). The molecule has 2 N–H and O–H groups in total. The molecular weight excluding hydrogens is 234 g/mol. The second kappa shape index (κ2) is 6.53. The van der Waals surface area contributed by atoms with Gasteiger partial charge in [0.2, 0.25) is 0 Å². The summed E-state index contributed by atoms with van der Waals surface area (Å²) in [6.07, 6.45) is 8.62. The maximum Gasteiger partial charge on any atom is 0.0546 e. The number of hydrogen-bond donors (Lipinski definition) is 1. The molecule has 0 heterocycles. The van der Waals surface area contributed by atoms with E-state index in [1.807, 2.05) is 0 Å². The molecule has 1 aliphatic rings. The molecule has 0 amide bonds. The summed E-state index contributed by atoms with van der Waals surface area (Å²) in [5, 5.41) is 0. The first kappa shape index (κ1) is 14.5. The van der Waals surface area contributed by atoms with Crippen LogP contribution in [0, 0.1) is 0 Å². The van der Waals surface area contributed by atoms with Crippen LogP contribution in [0.25, 0.3) is 0 Å². The van der Waals surface area contributed by atoms with Gasteiger partial charge in [-0.15, -0.1) is 0 Å². The number of hydrogen-bond acceptors (Lipinski definition) is 2. The van der Waals surface area contributed by atoms with Gasteiger partial charge in [-0.05, 0) is 43.7 Å². The van der Waals surface area contributed by atoms with Gasteiger partial charge in [-0.25, -0.2) is 0 Å². The molecule has 2 nitrogen and oxygen atoms in total. The molecule has 1 atom stereocenters. The molecule has 1 aromatic rings. The summed E-state index contributed by atoms with van der Waals surface area (Å²) >= 11 is 0. The Morgan fingerprint density at radius 1 is 1.16 bits per heavy atom. The molecule has 0 aromatic heterocycles. The molecule has 0 spiro atoms. The van der Waals surface area contributed by atoms with Crippen molar-refractivity contribution in [1.29, 1.82) is 0 Å². The average Bonchev–Trinajstić information content (AvgIpc) is 2.46. The SMILES string of the molecule is COC(C)CCc1ccc(C2(N)CCCCC2)cc1. The zero-order valence-electron chi connectivity index (χ0n) is 12.3. The lowest BCUT2D eigenvalue weighted by Gasteiger charge is -2.34. The normalized spacial score (nSPS) is 20.2. The van der Waals surface area contributed by atoms with Gasteiger partial charge in [-0.1, -0.05) is 43.5 Å². The van der Waals surface area contributed by atoms with Crippen LogP contribution in [0.1, 0.15) is 56.6 Å². The lowest BCUT2D eigenvalue weighted by atomic mass is 9.77. The highest BCUT2D eigenvalue weighted by Crippen LogP contribution is 2.34. The maximum absolute atomic E-state index is 6.55. The van der Waals surface area contributed by atoms with Gasteiger partial charge in [0.15, 0.2) is 0 Å². The maximum atomic E-state index is 6.55. The van der Waals surface area contributed by atoms with Crippen molar-refractivity contribution in [2.45, 2.75) is 63.5 Å². The summed E-state index contributed by atoms with van der Waals surface area (Å²) in [5.41, 5.74) is 9.18. The molecule has 1 aliphatic carbocycles. The van der Waals surface area contributed by atoms with Crippen molar-refractivity contribution < 1.29 is 4.74 Å². The van der Waals surface area contributed by atoms with Crippen molar-refractivity contribution in [2.24, 2.45) is 5.73 Å². The Hall–Kier alpha value is -0.860. The van der Waals surface area contributed by atoms with E-state index in [0.29, 0.717) is 6.10 Å². The van der Waals surface area contributed by atoms with Gasteiger partial charge in [-0.2, -0.15) is 0 Å². The third kappa shape index (κ3) is 3.80. The summed E-state index contributed by atoms with van der Waals surface area (Å²) in [6, 6.07) is 8.94. The van der Waals surface area contributed by atoms with Gasteiger partial charge >= 0.3 is 0 Å². The molecule has 0 saturated heterocycles. The Labute approximate surface area is 117 Å². The molecule has 0 radical (unpaired) electrons. The van der Waals surface area contributed by atoms with E-state index in [-0.39, 0.29) is 5.54 Å². The highest BCUT2D eigenvalue weighted by Gasteiger charge is 2.28. The Morgan fingerprint density at radius 2 is 1.79 bits per heavy atom. The van der Waals surface area contributed by atoms with Crippen molar-refractivity contribution in [2.75, 3.05) is 7.11 Å². The number of nitrogens with two attached hydrogens (primary N) is 1. The van der Waals surface area contributed by atoms with Crippen LogP contribution in [0.4, 0.5) is 0 Å². The Morgan fingerprint density at radius 3 is 2.37 bits per heavy atom. The van der Waals surface area contributed by atoms with Crippen LogP contribution < -0.4 is 5.73 Å². The van der Waals surface area contributed by atoms with Gasteiger partial charge in [-0.3, -0.25) is 0 Å². The quantitative estimate of drug-likeness (QED) is 0.875. The minimum absolute atomic E-state index is 0.0728. The van der Waals surface area contributed by atoms with Crippen molar-refractivity contribution in [1.82, 2.24) is 0 Å². The van der Waals surface area contributed by atoms with Crippen LogP contribution in [-0.4, -0.2) is 13.2 Å². The molecule has 2 heteroatoms. The lowest BCUT2D eigenvalue weighted by molar-refractivity contribution is 0.111. The molecule has 1 fully saturated rings. The second-order valence-corrected chi connectivity index (χ2v) is 6.00. The molecular formula is C17H27NO. The van der Waals surface area contributed by atoms with Crippen molar-refractivity contribution >= 4 is 0 Å². The molecule has 1 aromatic carbocycles. The fourth-order valence-electron chi connectivity index (χ4n) is 2.96. The number of methoxy groups -OCH3 is 1. The highest BCUT2D eigenvalue weighted by atomic mass is 16.5. The summed E-state index contributed by atoms with van der Waals surface area (Å²) < 4.78 is 5.29. The number of aryl methyl sites for hydroxylation is 1. The molecule has 1 unspecified atom stereocenters. The zero-order chi connectivity index (χ0) is 13.7. The topological polar surface area (TPSA) is 35.2 Å². The smallest absolute Gasteiger partial charge is 0.0546 e. The largest absolute Gasteiger partial charge is 0.382 e. The Kier molecular flexibility index (Phi) is 5.00. The van der Waals surface area contributed by atoms with Gasteiger partial charge < -0.3 is 10.5 Å². The first-order valence-electron chi connectivity index (χ1n) is 7.55. The minimum Gasteiger partial charge on any atom is -0.382 e. The standard InChI is InChI=1S/C17H27NO/c1-14(19-2)6-7-15-8-10-16(11-9-15)17(18)12-4-3-5-13-17/h8-11,14H,3-7,12-13,18H2,1-2H3. The average molecular weight is 261 g/mol. The van der Waals surface area contributed by atoms with Crippen LogP contribution in [0.5, 0.6) is 0 Å². The van der Waals surface area contributed by atoms with Crippen LogP contribution in [-0.2, 0) is 16.7 Å². The third-order valence-corrected chi connectivity index (χ3v) is 4.52. The monoisotopic (exact) mass is 261 g/mol. The lowest BCUT2D eigenvalue weighted by Crippen LogP contribution is -2.38. The van der Waals surface area contributed by atoms with E-state index in [1.165, 1.54) is 30.4 Å². The highest BCUT2D eigenvalue weighted by molar-refractivity contribution is 5.29. The van der Waals surface area contributed by atoms with Gasteiger partial charge in [0.05, 0.1) is 6.10 Å². The minimum atomic E-state index is -0.0728. The summed E-state index contributed by atoms with van der Waals surface area (Å²) in [7, 11) is 1.77. The third-order valence-electron chi connectivity index (χ3n) is 4.52. The Bertz CT molecular complexity index is 379. The number of benzene rings is 1. The van der Waals surface area contributed by atoms with E-state index in [9.17, 15) is 0 Å². The summed E-state index contributed by atoms with van der Waals surface area (Å²) in [4.78, 5) is 0. The van der Waals surface area contributed by atoms with Gasteiger partial charge in [0.25, 0.3) is 0 Å². The van der Waals surface area contributed by atoms with Crippen molar-refractivity contribution in [3.05, 3.63) is 35.4 Å². The van der Waals surface area contributed by atoms with E-state index < -0.39 is 0 Å². The van der Waals surface area contributed by atoms with Gasteiger partial charge in [0, 0.05) is 12.6 Å². The fourth-order valence-corrected chi connectivity index (χ4v) is 2.96. The summed E-state index contributed by atoms with van der Waals surface area (Å²) in [6.45, 7) is 2.12. The fraction of sp³-hybridized carbons (Fsp3) is 0.647. The summed E-state index contributed by atoms with van der Waals surface area (Å²) in [5.74, 6) is 0. The first-order chi connectivity index (χ1) is 9.14. The van der Waals surface area contributed by atoms with Crippen LogP contribution >= 0.6 is 0 Å². The number of rotatable bonds is 5. The zero-order valence-corrected chi connectivity index (χ0v) is 12.3. The molecule has 19 heavy (non-hydrogen) atoms. The molecule has 1 saturated carbocycles. The van der Waals surface area contributed by atoms with E-state index in [0.717, 1.165) is 25.7 Å². The van der Waals surface area contributed by atoms with Crippen molar-refractivity contribution in [3.8, 4) is 0 Å². The molecule has 0 bridgehead atoms. The number of ether oxygens (including phenoxy) is 1. The van der Waals surface area contributed by atoms with Crippen LogP contribution in [0.2, 0.25) is 0 Å². The Balaban J connectivity index is 1.97.